The first-order chi connectivity index (χ1) is 3.79. The third-order valence-electron chi connectivity index (χ3n) is 1.05. The van der Waals surface area contributed by atoms with Gasteiger partial charge in [-0.1, -0.05) is 17.7 Å². The van der Waals surface area contributed by atoms with Gasteiger partial charge in [0.05, 0.1) is 0 Å². The van der Waals surface area contributed by atoms with Gasteiger partial charge in [-0.25, -0.2) is 0 Å². The van der Waals surface area contributed by atoms with E-state index in [1.54, 1.807) is 12.2 Å². The molecule has 0 fully saturated rings. The summed E-state index contributed by atoms with van der Waals surface area (Å²) in [5, 5.41) is 0. The average molecular weight is 107 g/mol. The highest BCUT2D eigenvalue weighted by atomic mass is 16.1. The smallest absolute Gasteiger partial charge is 0.159 e. The van der Waals surface area contributed by atoms with E-state index in [1.165, 1.54) is 0 Å². The topological polar surface area (TPSA) is 17.1 Å². The highest BCUT2D eigenvalue weighted by Crippen LogP contribution is 2.03. The summed E-state index contributed by atoms with van der Waals surface area (Å²) in [6.45, 7) is 3.65. The summed E-state index contributed by atoms with van der Waals surface area (Å²) >= 11 is 0. The summed E-state index contributed by atoms with van der Waals surface area (Å²) in [5.74, 6) is 0.164. The van der Waals surface area contributed by atoms with Crippen molar-refractivity contribution in [2.45, 2.75) is 6.42 Å². The van der Waals surface area contributed by atoms with Crippen LogP contribution in [-0.4, -0.2) is 5.78 Å². The van der Waals surface area contributed by atoms with Gasteiger partial charge in [0, 0.05) is 6.42 Å². The normalized spacial score (nSPS) is 18.6. The molecule has 0 amide bonds. The molecule has 41 valence electrons. The summed E-state index contributed by atoms with van der Waals surface area (Å²) < 4.78 is 0. The Hall–Kier alpha value is -0.850. The predicted molar refractivity (Wildman–Crippen MR) is 32.2 cm³/mol. The Morgan fingerprint density at radius 1 is 1.50 bits per heavy atom. The molecule has 1 aliphatic rings. The molecule has 8 heavy (non-hydrogen) atoms. The molecule has 0 aromatic rings. The lowest BCUT2D eigenvalue weighted by Crippen LogP contribution is -1.93. The molecule has 0 bridgehead atoms. The molecule has 0 atom stereocenters. The molecule has 0 saturated carbocycles. The van der Waals surface area contributed by atoms with Gasteiger partial charge in [0.2, 0.25) is 0 Å². The molecular formula is C7H7O. The maximum absolute atomic E-state index is 10.4. The molecule has 0 N–H and O–H groups in total. The Morgan fingerprint density at radius 2 is 2.25 bits per heavy atom. The van der Waals surface area contributed by atoms with E-state index >= 15 is 0 Å². The van der Waals surface area contributed by atoms with Gasteiger partial charge in [0.25, 0.3) is 0 Å². The van der Waals surface area contributed by atoms with Crippen LogP contribution < -0.4 is 0 Å². The van der Waals surface area contributed by atoms with E-state index in [0.29, 0.717) is 6.42 Å². The molecule has 0 unspecified atom stereocenters. The first kappa shape index (κ1) is 5.29. The molecule has 0 saturated heterocycles. The monoisotopic (exact) mass is 107 g/mol. The van der Waals surface area contributed by atoms with E-state index in [1.807, 2.05) is 6.08 Å². The van der Waals surface area contributed by atoms with Gasteiger partial charge in [-0.2, -0.15) is 0 Å². The van der Waals surface area contributed by atoms with Crippen molar-refractivity contribution in [3.63, 3.8) is 0 Å². The number of hydrogen-bond donors (Lipinski definition) is 0. The van der Waals surface area contributed by atoms with E-state index in [4.69, 9.17) is 0 Å². The fourth-order valence-electron chi connectivity index (χ4n) is 0.568. The minimum atomic E-state index is 0.164. The Labute approximate surface area is 48.7 Å². The van der Waals surface area contributed by atoms with Crippen molar-refractivity contribution in [1.29, 1.82) is 0 Å². The van der Waals surface area contributed by atoms with E-state index in [9.17, 15) is 4.79 Å². The van der Waals surface area contributed by atoms with E-state index in [2.05, 4.69) is 6.92 Å². The summed E-state index contributed by atoms with van der Waals surface area (Å²) in [6.07, 6.45) is 5.63. The van der Waals surface area contributed by atoms with Crippen molar-refractivity contribution in [2.75, 3.05) is 0 Å². The van der Waals surface area contributed by atoms with Crippen LogP contribution in [0.5, 0.6) is 0 Å². The third-order valence-corrected chi connectivity index (χ3v) is 1.05. The first-order valence-electron chi connectivity index (χ1n) is 2.52. The van der Waals surface area contributed by atoms with Crippen molar-refractivity contribution < 1.29 is 4.79 Å². The Morgan fingerprint density at radius 3 is 2.62 bits per heavy atom. The second-order valence-corrected chi connectivity index (χ2v) is 1.78. The Balaban J connectivity index is 2.71. The van der Waals surface area contributed by atoms with Gasteiger partial charge >= 0.3 is 0 Å². The van der Waals surface area contributed by atoms with Crippen molar-refractivity contribution in [1.82, 2.24) is 0 Å². The predicted octanol–water partition coefficient (Wildman–Crippen LogP) is 1.28. The van der Waals surface area contributed by atoms with Crippen molar-refractivity contribution in [3.8, 4) is 0 Å². The lowest BCUT2D eigenvalue weighted by Gasteiger charge is -1.96. The van der Waals surface area contributed by atoms with Crippen LogP contribution in [-0.2, 0) is 4.79 Å². The molecule has 0 aromatic carbocycles. The van der Waals surface area contributed by atoms with Crippen LogP contribution >= 0.6 is 0 Å². The highest BCUT2D eigenvalue weighted by Gasteiger charge is 1.97. The van der Waals surface area contributed by atoms with Crippen LogP contribution in [0.4, 0.5) is 0 Å². The molecule has 1 heteroatoms. The first-order valence-corrected chi connectivity index (χ1v) is 2.52. The molecule has 0 aromatic heterocycles. The van der Waals surface area contributed by atoms with Gasteiger partial charge in [-0.3, -0.25) is 4.79 Å². The second-order valence-electron chi connectivity index (χ2n) is 1.78. The van der Waals surface area contributed by atoms with Gasteiger partial charge in [0.1, 0.15) is 0 Å². The van der Waals surface area contributed by atoms with Gasteiger partial charge < -0.3 is 0 Å². The van der Waals surface area contributed by atoms with Crippen LogP contribution in [0.2, 0.25) is 0 Å². The van der Waals surface area contributed by atoms with Crippen LogP contribution in [0.15, 0.2) is 23.8 Å². The largest absolute Gasteiger partial charge is 0.295 e. The number of rotatable bonds is 0. The van der Waals surface area contributed by atoms with E-state index < -0.39 is 0 Å². The molecule has 0 heterocycles. The summed E-state index contributed by atoms with van der Waals surface area (Å²) in [7, 11) is 0. The SMILES string of the molecule is [CH2]C1=CCC(=O)C=C1. The number of ketones is 1. The fourth-order valence-corrected chi connectivity index (χ4v) is 0.568. The number of allylic oxidation sites excluding steroid dienone is 4. The average Bonchev–Trinajstić information content (AvgIpc) is 1.77. The van der Waals surface area contributed by atoms with E-state index in [-0.39, 0.29) is 5.78 Å². The zero-order valence-corrected chi connectivity index (χ0v) is 4.55. The second kappa shape index (κ2) is 1.95. The Bertz CT molecular complexity index is 160. The third kappa shape index (κ3) is 1.06. The summed E-state index contributed by atoms with van der Waals surface area (Å²) in [6, 6.07) is 0. The van der Waals surface area contributed by atoms with Crippen LogP contribution in [0.25, 0.3) is 0 Å². The molecule has 0 spiro atoms. The molecular weight excluding hydrogens is 100 g/mol. The van der Waals surface area contributed by atoms with Crippen molar-refractivity contribution >= 4 is 5.78 Å². The molecule has 1 aliphatic carbocycles. The summed E-state index contributed by atoms with van der Waals surface area (Å²) in [4.78, 5) is 10.4. The lowest BCUT2D eigenvalue weighted by molar-refractivity contribution is -0.113. The molecule has 1 rings (SSSR count). The van der Waals surface area contributed by atoms with Gasteiger partial charge in [-0.05, 0) is 13.0 Å². The lowest BCUT2D eigenvalue weighted by atomic mass is 10.1. The van der Waals surface area contributed by atoms with Crippen LogP contribution in [0.3, 0.4) is 0 Å². The Kier molecular flexibility index (Phi) is 1.29. The molecule has 0 aliphatic heterocycles. The number of carbonyl (C=O) groups is 1. The van der Waals surface area contributed by atoms with Crippen LogP contribution in [0, 0.1) is 6.92 Å². The quantitative estimate of drug-likeness (QED) is 0.455. The number of hydrogen-bond acceptors (Lipinski definition) is 1. The zero-order valence-electron chi connectivity index (χ0n) is 4.55. The van der Waals surface area contributed by atoms with Crippen molar-refractivity contribution in [2.24, 2.45) is 0 Å². The highest BCUT2D eigenvalue weighted by molar-refractivity contribution is 5.92. The molecule has 1 nitrogen and oxygen atoms in total. The van der Waals surface area contributed by atoms with E-state index in [0.717, 1.165) is 5.57 Å². The summed E-state index contributed by atoms with van der Waals surface area (Å²) in [5.41, 5.74) is 0.935. The molecule has 1 radical (unpaired) electrons. The maximum atomic E-state index is 10.4. The van der Waals surface area contributed by atoms with Gasteiger partial charge in [0.15, 0.2) is 5.78 Å². The number of carbonyl (C=O) groups excluding carboxylic acids is 1. The zero-order chi connectivity index (χ0) is 5.98. The minimum Gasteiger partial charge on any atom is -0.295 e. The standard InChI is InChI=1S/C7H7O/c1-6-2-4-7(8)5-3-6/h2-4H,1,5H2. The fraction of sp³-hybridized carbons (Fsp3) is 0.143. The van der Waals surface area contributed by atoms with Crippen LogP contribution in [0.1, 0.15) is 6.42 Å². The minimum absolute atomic E-state index is 0.164. The van der Waals surface area contributed by atoms with Gasteiger partial charge in [-0.15, -0.1) is 0 Å². The van der Waals surface area contributed by atoms with Crippen molar-refractivity contribution in [3.05, 3.63) is 30.7 Å². The maximum Gasteiger partial charge on any atom is 0.159 e.